The summed E-state index contributed by atoms with van der Waals surface area (Å²) in [5.41, 5.74) is 4.19. The molecule has 0 aliphatic heterocycles. The first kappa shape index (κ1) is 13.6. The topological polar surface area (TPSA) is 36.4 Å². The van der Waals surface area contributed by atoms with Crippen LogP contribution in [-0.4, -0.2) is 16.6 Å². The van der Waals surface area contributed by atoms with Gasteiger partial charge in [0.2, 0.25) is 0 Å². The lowest BCUT2D eigenvalue weighted by molar-refractivity contribution is 0.281. The highest BCUT2D eigenvalue weighted by Crippen LogP contribution is 2.22. The number of aryl methyl sites for hydroxylation is 1. The smallest absolute Gasteiger partial charge is 0.0717 e. The van der Waals surface area contributed by atoms with Crippen LogP contribution in [0.4, 0.5) is 5.69 Å². The van der Waals surface area contributed by atoms with E-state index in [2.05, 4.69) is 28.9 Å². The maximum atomic E-state index is 9.45. The van der Waals surface area contributed by atoms with Gasteiger partial charge in [-0.1, -0.05) is 30.3 Å². The number of pyridine rings is 1. The molecule has 19 heavy (non-hydrogen) atoms. The van der Waals surface area contributed by atoms with Gasteiger partial charge in [-0.05, 0) is 25.5 Å². The van der Waals surface area contributed by atoms with E-state index >= 15 is 0 Å². The molecule has 1 aromatic carbocycles. The molecule has 0 unspecified atom stereocenters. The van der Waals surface area contributed by atoms with Crippen molar-refractivity contribution in [1.29, 1.82) is 0 Å². The van der Waals surface area contributed by atoms with E-state index < -0.39 is 0 Å². The van der Waals surface area contributed by atoms with Crippen LogP contribution in [0.5, 0.6) is 0 Å². The minimum absolute atomic E-state index is 0.0217. The molecule has 0 saturated heterocycles. The van der Waals surface area contributed by atoms with E-state index in [1.165, 1.54) is 5.56 Å². The van der Waals surface area contributed by atoms with Crippen molar-refractivity contribution in [2.45, 2.75) is 27.0 Å². The van der Waals surface area contributed by atoms with E-state index in [0.29, 0.717) is 0 Å². The molecular formula is C16H20N2O. The summed E-state index contributed by atoms with van der Waals surface area (Å²) in [4.78, 5) is 6.51. The summed E-state index contributed by atoms with van der Waals surface area (Å²) in [6.45, 7) is 5.86. The van der Waals surface area contributed by atoms with E-state index in [9.17, 15) is 5.11 Å². The van der Waals surface area contributed by atoms with Crippen molar-refractivity contribution in [3.63, 3.8) is 0 Å². The zero-order valence-electron chi connectivity index (χ0n) is 11.5. The Morgan fingerprint density at radius 2 is 1.95 bits per heavy atom. The number of aliphatic hydroxyl groups excluding tert-OH is 1. The van der Waals surface area contributed by atoms with Crippen LogP contribution in [0.2, 0.25) is 0 Å². The van der Waals surface area contributed by atoms with Crippen LogP contribution in [0.15, 0.2) is 42.6 Å². The summed E-state index contributed by atoms with van der Waals surface area (Å²) in [7, 11) is 0. The molecule has 1 heterocycles. The second-order valence-electron chi connectivity index (χ2n) is 4.61. The molecule has 3 heteroatoms. The summed E-state index contributed by atoms with van der Waals surface area (Å²) in [5.74, 6) is 0. The maximum absolute atomic E-state index is 9.45. The first-order chi connectivity index (χ1) is 9.24. The molecule has 0 aliphatic rings. The van der Waals surface area contributed by atoms with Gasteiger partial charge < -0.3 is 10.0 Å². The zero-order chi connectivity index (χ0) is 13.7. The lowest BCUT2D eigenvalue weighted by atomic mass is 10.1. The summed E-state index contributed by atoms with van der Waals surface area (Å²) in [6, 6.07) is 12.4. The predicted molar refractivity (Wildman–Crippen MR) is 78.1 cm³/mol. The molecule has 0 bridgehead atoms. The molecule has 3 nitrogen and oxygen atoms in total. The Hall–Kier alpha value is -1.87. The lowest BCUT2D eigenvalue weighted by Crippen LogP contribution is -2.23. The number of benzene rings is 1. The molecule has 0 aliphatic carbocycles. The number of nitrogens with zero attached hydrogens (tertiary/aromatic N) is 2. The molecule has 0 fully saturated rings. The van der Waals surface area contributed by atoms with Gasteiger partial charge in [0.1, 0.15) is 0 Å². The van der Waals surface area contributed by atoms with Crippen molar-refractivity contribution in [2.75, 3.05) is 11.4 Å². The van der Waals surface area contributed by atoms with Crippen LogP contribution < -0.4 is 4.90 Å². The largest absolute Gasteiger partial charge is 0.392 e. The number of aliphatic hydroxyl groups is 1. The minimum Gasteiger partial charge on any atom is -0.392 e. The lowest BCUT2D eigenvalue weighted by Gasteiger charge is -2.25. The monoisotopic (exact) mass is 256 g/mol. The van der Waals surface area contributed by atoms with Gasteiger partial charge in [-0.15, -0.1) is 0 Å². The highest BCUT2D eigenvalue weighted by molar-refractivity contribution is 5.53. The Kier molecular flexibility index (Phi) is 4.53. The molecule has 0 amide bonds. The van der Waals surface area contributed by atoms with Crippen molar-refractivity contribution in [3.05, 3.63) is 59.4 Å². The van der Waals surface area contributed by atoms with Crippen LogP contribution >= 0.6 is 0 Å². The van der Waals surface area contributed by atoms with Gasteiger partial charge in [0, 0.05) is 36.2 Å². The highest BCUT2D eigenvalue weighted by Gasteiger charge is 2.10. The van der Waals surface area contributed by atoms with Gasteiger partial charge >= 0.3 is 0 Å². The van der Waals surface area contributed by atoms with Crippen LogP contribution in [0.1, 0.15) is 23.7 Å². The van der Waals surface area contributed by atoms with E-state index in [-0.39, 0.29) is 6.61 Å². The van der Waals surface area contributed by atoms with Crippen molar-refractivity contribution in [3.8, 4) is 0 Å². The molecule has 100 valence electrons. The first-order valence-electron chi connectivity index (χ1n) is 6.60. The second kappa shape index (κ2) is 6.34. The van der Waals surface area contributed by atoms with Gasteiger partial charge in [-0.25, -0.2) is 0 Å². The van der Waals surface area contributed by atoms with E-state index in [1.807, 2.05) is 31.2 Å². The normalized spacial score (nSPS) is 10.5. The zero-order valence-corrected chi connectivity index (χ0v) is 11.5. The van der Waals surface area contributed by atoms with Crippen molar-refractivity contribution in [2.24, 2.45) is 0 Å². The number of hydrogen-bond acceptors (Lipinski definition) is 3. The Bertz CT molecular complexity index is 526. The Morgan fingerprint density at radius 3 is 2.58 bits per heavy atom. The van der Waals surface area contributed by atoms with Crippen LogP contribution in [0.3, 0.4) is 0 Å². The molecule has 0 radical (unpaired) electrons. The molecule has 0 spiro atoms. The predicted octanol–water partition coefficient (Wildman–Crippen LogP) is 2.91. The van der Waals surface area contributed by atoms with Crippen LogP contribution in [0, 0.1) is 6.92 Å². The third kappa shape index (κ3) is 3.32. The van der Waals surface area contributed by atoms with Gasteiger partial charge in [0.05, 0.1) is 6.61 Å². The molecule has 2 rings (SSSR count). The van der Waals surface area contributed by atoms with Crippen molar-refractivity contribution < 1.29 is 5.11 Å². The molecule has 0 atom stereocenters. The fourth-order valence-electron chi connectivity index (χ4n) is 2.16. The third-order valence-electron chi connectivity index (χ3n) is 3.21. The van der Waals surface area contributed by atoms with Crippen LogP contribution in [0.25, 0.3) is 0 Å². The fourth-order valence-corrected chi connectivity index (χ4v) is 2.16. The van der Waals surface area contributed by atoms with E-state index in [1.54, 1.807) is 6.20 Å². The highest BCUT2D eigenvalue weighted by atomic mass is 16.3. The fraction of sp³-hybridized carbons (Fsp3) is 0.312. The summed E-state index contributed by atoms with van der Waals surface area (Å²) >= 11 is 0. The quantitative estimate of drug-likeness (QED) is 0.893. The van der Waals surface area contributed by atoms with E-state index in [0.717, 1.165) is 30.0 Å². The van der Waals surface area contributed by atoms with Gasteiger partial charge in [0.25, 0.3) is 0 Å². The molecule has 1 N–H and O–H groups in total. The first-order valence-corrected chi connectivity index (χ1v) is 6.60. The maximum Gasteiger partial charge on any atom is 0.0717 e. The second-order valence-corrected chi connectivity index (χ2v) is 4.61. The Balaban J connectivity index is 2.29. The van der Waals surface area contributed by atoms with Gasteiger partial charge in [0.15, 0.2) is 0 Å². The summed E-state index contributed by atoms with van der Waals surface area (Å²) in [5, 5.41) is 9.45. The van der Waals surface area contributed by atoms with Gasteiger partial charge in [-0.2, -0.15) is 0 Å². The number of aromatic nitrogens is 1. The van der Waals surface area contributed by atoms with Crippen LogP contribution in [-0.2, 0) is 13.2 Å². The summed E-state index contributed by atoms with van der Waals surface area (Å²) in [6.07, 6.45) is 1.76. The minimum atomic E-state index is 0.0217. The Morgan fingerprint density at radius 1 is 1.21 bits per heavy atom. The standard InChI is InChI=1S/C16H20N2O/c1-3-18(11-14-7-5-4-6-8-14)16-9-13(2)17-10-15(16)12-19/h4-10,19H,3,11-12H2,1-2H3. The average molecular weight is 256 g/mol. The molecule has 2 aromatic rings. The third-order valence-corrected chi connectivity index (χ3v) is 3.21. The number of anilines is 1. The molecule has 0 saturated carbocycles. The molecule has 1 aromatic heterocycles. The Labute approximate surface area is 114 Å². The van der Waals surface area contributed by atoms with E-state index in [4.69, 9.17) is 0 Å². The van der Waals surface area contributed by atoms with Crippen molar-refractivity contribution in [1.82, 2.24) is 4.98 Å². The summed E-state index contributed by atoms with van der Waals surface area (Å²) < 4.78 is 0. The number of rotatable bonds is 5. The van der Waals surface area contributed by atoms with Crippen molar-refractivity contribution >= 4 is 5.69 Å². The van der Waals surface area contributed by atoms with Gasteiger partial charge in [-0.3, -0.25) is 4.98 Å². The number of hydrogen-bond donors (Lipinski definition) is 1. The SMILES string of the molecule is CCN(Cc1ccccc1)c1cc(C)ncc1CO. The average Bonchev–Trinajstić information content (AvgIpc) is 2.46. The molecular weight excluding hydrogens is 236 g/mol.